The second kappa shape index (κ2) is 10.0. The van der Waals surface area contributed by atoms with Gasteiger partial charge in [-0.2, -0.15) is 0 Å². The molecule has 4 aliphatic heterocycles. The number of hydrogen-bond donors (Lipinski definition) is 1. The lowest BCUT2D eigenvalue weighted by molar-refractivity contribution is -0.136. The molecule has 2 bridgehead atoms. The Hall–Kier alpha value is -2.67. The van der Waals surface area contributed by atoms with Gasteiger partial charge in [-0.15, -0.1) is 0 Å². The summed E-state index contributed by atoms with van der Waals surface area (Å²) in [5.41, 5.74) is 2.58. The van der Waals surface area contributed by atoms with E-state index in [1.165, 1.54) is 42.7 Å². The van der Waals surface area contributed by atoms with Crippen LogP contribution in [0.2, 0.25) is 0 Å². The molecule has 1 aromatic carbocycles. The minimum absolute atomic E-state index is 0.134. The Kier molecular flexibility index (Phi) is 6.59. The Labute approximate surface area is 213 Å². The van der Waals surface area contributed by atoms with Crippen molar-refractivity contribution < 1.29 is 14.4 Å². The molecule has 0 radical (unpaired) electrons. The maximum absolute atomic E-state index is 13.5. The molecule has 4 amide bonds. The maximum Gasteiger partial charge on any atom is 0.324 e. The maximum atomic E-state index is 13.5. The van der Waals surface area contributed by atoms with Crippen molar-refractivity contribution in [2.24, 2.45) is 11.8 Å². The van der Waals surface area contributed by atoms with Gasteiger partial charge in [0, 0.05) is 32.1 Å². The SMILES string of the molecule is O=C1NC(CCC(=O)N2CCCC3=C[C@H]4C[C@@H](CN5CCCCC45)C32)C(=O)N1CCc1ccccc1. The third-order valence-corrected chi connectivity index (χ3v) is 9.20. The fraction of sp³-hybridized carbons (Fsp3) is 0.621. The lowest BCUT2D eigenvalue weighted by Gasteiger charge is -2.54. The summed E-state index contributed by atoms with van der Waals surface area (Å²) in [4.78, 5) is 45.0. The average Bonchev–Trinajstić information content (AvgIpc) is 3.18. The van der Waals surface area contributed by atoms with Gasteiger partial charge in [0.05, 0.1) is 6.04 Å². The van der Waals surface area contributed by atoms with Gasteiger partial charge in [-0.05, 0) is 68.9 Å². The van der Waals surface area contributed by atoms with Crippen LogP contribution in [0.4, 0.5) is 4.79 Å². The van der Waals surface area contributed by atoms with Gasteiger partial charge >= 0.3 is 6.03 Å². The molecule has 4 heterocycles. The number of nitrogens with zero attached hydrogens (tertiary/aromatic N) is 3. The minimum Gasteiger partial charge on any atom is -0.336 e. The summed E-state index contributed by atoms with van der Waals surface area (Å²) in [5.74, 6) is 1.11. The summed E-state index contributed by atoms with van der Waals surface area (Å²) in [7, 11) is 0. The molecular weight excluding hydrogens is 452 g/mol. The van der Waals surface area contributed by atoms with Crippen molar-refractivity contribution >= 4 is 17.8 Å². The largest absolute Gasteiger partial charge is 0.336 e. The summed E-state index contributed by atoms with van der Waals surface area (Å²) in [6, 6.07) is 9.86. The number of nitrogens with one attached hydrogen (secondary N) is 1. The van der Waals surface area contributed by atoms with E-state index in [2.05, 4.69) is 21.2 Å². The topological polar surface area (TPSA) is 73.0 Å². The number of fused-ring (bicyclic) bond motifs is 6. The van der Waals surface area contributed by atoms with E-state index in [1.807, 2.05) is 30.3 Å². The molecule has 7 heteroatoms. The highest BCUT2D eigenvalue weighted by atomic mass is 16.2. The first kappa shape index (κ1) is 23.7. The van der Waals surface area contributed by atoms with E-state index in [-0.39, 0.29) is 23.9 Å². The summed E-state index contributed by atoms with van der Waals surface area (Å²) < 4.78 is 0. The first-order valence-electron chi connectivity index (χ1n) is 14.0. The zero-order chi connectivity index (χ0) is 24.6. The van der Waals surface area contributed by atoms with Crippen LogP contribution in [0.25, 0.3) is 0 Å². The van der Waals surface area contributed by atoms with Gasteiger partial charge in [0.2, 0.25) is 5.91 Å². The Bertz CT molecular complexity index is 1040. The fourth-order valence-corrected chi connectivity index (χ4v) is 7.53. The molecule has 5 atom stereocenters. The molecule has 0 spiro atoms. The predicted molar refractivity (Wildman–Crippen MR) is 137 cm³/mol. The Morgan fingerprint density at radius 1 is 1.06 bits per heavy atom. The van der Waals surface area contributed by atoms with Crippen molar-refractivity contribution in [1.29, 1.82) is 0 Å². The monoisotopic (exact) mass is 490 g/mol. The highest BCUT2D eigenvalue weighted by Gasteiger charge is 2.47. The van der Waals surface area contributed by atoms with E-state index < -0.39 is 6.04 Å². The molecule has 36 heavy (non-hydrogen) atoms. The van der Waals surface area contributed by atoms with Gasteiger partial charge < -0.3 is 10.2 Å². The molecule has 1 aliphatic carbocycles. The van der Waals surface area contributed by atoms with Crippen LogP contribution in [-0.2, 0) is 16.0 Å². The van der Waals surface area contributed by atoms with Crippen LogP contribution >= 0.6 is 0 Å². The van der Waals surface area contributed by atoms with E-state index >= 15 is 0 Å². The Morgan fingerprint density at radius 2 is 1.92 bits per heavy atom. The number of amides is 4. The molecule has 3 unspecified atom stereocenters. The number of piperidine rings is 3. The van der Waals surface area contributed by atoms with Crippen molar-refractivity contribution in [1.82, 2.24) is 20.0 Å². The summed E-state index contributed by atoms with van der Waals surface area (Å²) in [6.07, 6.45) is 11.1. The first-order valence-corrected chi connectivity index (χ1v) is 14.0. The molecule has 1 N–H and O–H groups in total. The van der Waals surface area contributed by atoms with Crippen LogP contribution in [0.1, 0.15) is 56.9 Å². The molecular formula is C29H38N4O3. The number of carbonyl (C=O) groups is 3. The third-order valence-electron chi connectivity index (χ3n) is 9.20. The zero-order valence-electron chi connectivity index (χ0n) is 21.1. The van der Waals surface area contributed by atoms with Gasteiger partial charge in [-0.3, -0.25) is 19.4 Å². The highest BCUT2D eigenvalue weighted by molar-refractivity contribution is 6.04. The van der Waals surface area contributed by atoms with Crippen LogP contribution in [0.15, 0.2) is 42.0 Å². The first-order chi connectivity index (χ1) is 17.6. The van der Waals surface area contributed by atoms with Crippen molar-refractivity contribution in [3.05, 3.63) is 47.5 Å². The average molecular weight is 491 g/mol. The smallest absolute Gasteiger partial charge is 0.324 e. The van der Waals surface area contributed by atoms with E-state index in [0.717, 1.165) is 31.5 Å². The van der Waals surface area contributed by atoms with E-state index in [9.17, 15) is 14.4 Å². The summed E-state index contributed by atoms with van der Waals surface area (Å²) in [5, 5.41) is 2.82. The molecule has 0 saturated carbocycles. The molecule has 1 aromatic rings. The quantitative estimate of drug-likeness (QED) is 0.490. The fourth-order valence-electron chi connectivity index (χ4n) is 7.53. The minimum atomic E-state index is -0.600. The van der Waals surface area contributed by atoms with E-state index in [4.69, 9.17) is 0 Å². The van der Waals surface area contributed by atoms with Gasteiger partial charge in [0.1, 0.15) is 6.04 Å². The Morgan fingerprint density at radius 3 is 2.78 bits per heavy atom. The molecule has 0 aromatic heterocycles. The second-order valence-electron chi connectivity index (χ2n) is 11.4. The standard InChI is InChI=1S/C29H38N4O3/c34-26(12-11-24-28(35)33(29(36)30-24)16-13-20-7-2-1-3-8-20)32-15-6-9-21-17-22-18-23(27(21)32)19-31-14-5-4-10-25(22)31/h1-3,7-8,17,22-25,27H,4-6,9-16,18-19H2,(H,30,36)/t22-,23-,24?,25?,27?/m0/s1. The van der Waals surface area contributed by atoms with Crippen LogP contribution < -0.4 is 5.32 Å². The van der Waals surface area contributed by atoms with Crippen molar-refractivity contribution in [3.63, 3.8) is 0 Å². The van der Waals surface area contributed by atoms with Crippen LogP contribution in [0, 0.1) is 11.8 Å². The van der Waals surface area contributed by atoms with Gasteiger partial charge in [-0.25, -0.2) is 4.79 Å². The summed E-state index contributed by atoms with van der Waals surface area (Å²) >= 11 is 0. The molecule has 4 saturated heterocycles. The molecule has 7 nitrogen and oxygen atoms in total. The van der Waals surface area contributed by atoms with Gasteiger partial charge in [0.25, 0.3) is 5.91 Å². The van der Waals surface area contributed by atoms with Crippen molar-refractivity contribution in [2.45, 2.75) is 75.9 Å². The molecule has 6 rings (SSSR count). The van der Waals surface area contributed by atoms with Crippen molar-refractivity contribution in [3.8, 4) is 0 Å². The van der Waals surface area contributed by atoms with Gasteiger partial charge in [0.15, 0.2) is 0 Å². The van der Waals surface area contributed by atoms with Crippen molar-refractivity contribution in [2.75, 3.05) is 26.2 Å². The predicted octanol–water partition coefficient (Wildman–Crippen LogP) is 3.35. The number of urea groups is 1. The van der Waals surface area contributed by atoms with Gasteiger partial charge in [-0.1, -0.05) is 48.4 Å². The highest BCUT2D eigenvalue weighted by Crippen LogP contribution is 2.45. The second-order valence-corrected chi connectivity index (χ2v) is 11.4. The number of imide groups is 1. The lowest BCUT2D eigenvalue weighted by Crippen LogP contribution is -2.60. The lowest BCUT2D eigenvalue weighted by atomic mass is 9.68. The van der Waals surface area contributed by atoms with E-state index in [0.29, 0.717) is 43.7 Å². The third kappa shape index (κ3) is 4.47. The number of likely N-dealkylation sites (tertiary alicyclic amines) is 1. The molecule has 5 aliphatic rings. The normalized spacial score (nSPS) is 32.0. The molecule has 192 valence electrons. The Balaban J connectivity index is 1.07. The number of carbonyl (C=O) groups excluding carboxylic acids is 3. The molecule has 4 fully saturated rings. The number of hydrogen-bond acceptors (Lipinski definition) is 4. The van der Waals surface area contributed by atoms with Crippen LogP contribution in [0.3, 0.4) is 0 Å². The zero-order valence-corrected chi connectivity index (χ0v) is 21.1. The van der Waals surface area contributed by atoms with E-state index in [1.54, 1.807) is 0 Å². The number of rotatable bonds is 6. The summed E-state index contributed by atoms with van der Waals surface area (Å²) in [6.45, 7) is 3.48. The van der Waals surface area contributed by atoms with Crippen LogP contribution in [-0.4, -0.2) is 76.8 Å². The number of benzene rings is 1. The van der Waals surface area contributed by atoms with Crippen LogP contribution in [0.5, 0.6) is 0 Å².